The molecule has 6 nitrogen and oxygen atoms in total. The van der Waals surface area contributed by atoms with E-state index in [1.165, 1.54) is 5.69 Å². The Labute approximate surface area is 171 Å². The van der Waals surface area contributed by atoms with Crippen LogP contribution >= 0.6 is 0 Å². The fourth-order valence-electron chi connectivity index (χ4n) is 2.90. The molecule has 0 radical (unpaired) electrons. The fourth-order valence-corrected chi connectivity index (χ4v) is 2.90. The van der Waals surface area contributed by atoms with Gasteiger partial charge >= 0.3 is 0 Å². The summed E-state index contributed by atoms with van der Waals surface area (Å²) < 4.78 is 5.43. The molecule has 150 valence electrons. The Kier molecular flexibility index (Phi) is 7.05. The fraction of sp³-hybridized carbons (Fsp3) is 0.217. The van der Waals surface area contributed by atoms with Gasteiger partial charge in [-0.05, 0) is 62.4 Å². The molecular weight excluding hydrogens is 364 g/mol. The number of anilines is 4. The van der Waals surface area contributed by atoms with Crippen LogP contribution in [0.1, 0.15) is 13.8 Å². The number of pyridine rings is 1. The zero-order valence-corrected chi connectivity index (χ0v) is 16.8. The molecule has 0 saturated heterocycles. The van der Waals surface area contributed by atoms with Gasteiger partial charge in [0.2, 0.25) is 0 Å². The zero-order chi connectivity index (χ0) is 20.5. The Bertz CT molecular complexity index is 892. The van der Waals surface area contributed by atoms with Gasteiger partial charge in [-0.2, -0.15) is 0 Å². The molecule has 0 saturated carbocycles. The first-order valence-electron chi connectivity index (χ1n) is 9.73. The lowest BCUT2D eigenvalue weighted by Crippen LogP contribution is -2.21. The molecule has 1 aromatic heterocycles. The van der Waals surface area contributed by atoms with Crippen LogP contribution in [0, 0.1) is 0 Å². The summed E-state index contributed by atoms with van der Waals surface area (Å²) in [6.45, 7) is 6.20. The van der Waals surface area contributed by atoms with Crippen molar-refractivity contribution in [3.63, 3.8) is 0 Å². The lowest BCUT2D eigenvalue weighted by atomic mass is 10.2. The van der Waals surface area contributed by atoms with Crippen LogP contribution in [0.5, 0.6) is 5.75 Å². The molecule has 0 aliphatic rings. The molecule has 0 aliphatic heterocycles. The van der Waals surface area contributed by atoms with Crippen molar-refractivity contribution in [1.29, 1.82) is 0 Å². The number of hydrogen-bond donors (Lipinski definition) is 2. The van der Waals surface area contributed by atoms with Crippen molar-refractivity contribution in [3.05, 3.63) is 72.9 Å². The average molecular weight is 390 g/mol. The second kappa shape index (κ2) is 10.1. The number of aromatic nitrogens is 1. The van der Waals surface area contributed by atoms with Crippen molar-refractivity contribution < 1.29 is 9.53 Å². The molecule has 0 unspecified atom stereocenters. The van der Waals surface area contributed by atoms with Gasteiger partial charge in [-0.3, -0.25) is 4.79 Å². The van der Waals surface area contributed by atoms with Gasteiger partial charge < -0.3 is 20.3 Å². The van der Waals surface area contributed by atoms with Crippen LogP contribution in [-0.4, -0.2) is 30.6 Å². The summed E-state index contributed by atoms with van der Waals surface area (Å²) in [4.78, 5) is 18.6. The summed E-state index contributed by atoms with van der Waals surface area (Å²) in [5.74, 6) is 0.880. The topological polar surface area (TPSA) is 66.5 Å². The van der Waals surface area contributed by atoms with E-state index in [-0.39, 0.29) is 12.5 Å². The molecule has 29 heavy (non-hydrogen) atoms. The first-order chi connectivity index (χ1) is 14.2. The van der Waals surface area contributed by atoms with Crippen LogP contribution in [0.2, 0.25) is 0 Å². The van der Waals surface area contributed by atoms with E-state index in [1.54, 1.807) is 24.4 Å². The van der Waals surface area contributed by atoms with Crippen molar-refractivity contribution in [3.8, 4) is 5.75 Å². The molecule has 0 atom stereocenters. The number of nitrogens with zero attached hydrogens (tertiary/aromatic N) is 2. The number of nitrogens with one attached hydrogen (secondary N) is 2. The van der Waals surface area contributed by atoms with Crippen molar-refractivity contribution in [2.24, 2.45) is 0 Å². The number of benzene rings is 2. The molecule has 0 fully saturated rings. The van der Waals surface area contributed by atoms with E-state index in [0.29, 0.717) is 11.6 Å². The minimum atomic E-state index is -0.256. The minimum Gasteiger partial charge on any atom is -0.484 e. The van der Waals surface area contributed by atoms with Crippen LogP contribution in [0.3, 0.4) is 0 Å². The molecular formula is C23H26N4O2. The van der Waals surface area contributed by atoms with Gasteiger partial charge in [0, 0.05) is 24.5 Å². The molecule has 0 aliphatic carbocycles. The van der Waals surface area contributed by atoms with Crippen molar-refractivity contribution in [1.82, 2.24) is 4.98 Å². The molecule has 3 rings (SSSR count). The molecule has 6 heteroatoms. The SMILES string of the molecule is CCN(CC)c1ccc(Nc2ccc(NC(=O)COc3ccccc3)nc2)cc1. The van der Waals surface area contributed by atoms with Gasteiger partial charge in [0.05, 0.1) is 11.9 Å². The summed E-state index contributed by atoms with van der Waals surface area (Å²) in [6, 6.07) is 21.1. The number of ether oxygens (including phenoxy) is 1. The van der Waals surface area contributed by atoms with Crippen LogP contribution < -0.4 is 20.3 Å². The quantitative estimate of drug-likeness (QED) is 0.555. The van der Waals surface area contributed by atoms with Gasteiger partial charge in [-0.25, -0.2) is 4.98 Å². The molecule has 0 bridgehead atoms. The molecule has 0 spiro atoms. The van der Waals surface area contributed by atoms with Crippen molar-refractivity contribution >= 4 is 28.8 Å². The van der Waals surface area contributed by atoms with E-state index in [4.69, 9.17) is 4.74 Å². The predicted molar refractivity (Wildman–Crippen MR) is 118 cm³/mol. The lowest BCUT2D eigenvalue weighted by molar-refractivity contribution is -0.118. The Morgan fingerprint density at radius 3 is 2.24 bits per heavy atom. The van der Waals surface area contributed by atoms with E-state index in [0.717, 1.165) is 24.5 Å². The van der Waals surface area contributed by atoms with Gasteiger partial charge in [0.25, 0.3) is 5.91 Å². The number of carbonyl (C=O) groups is 1. The van der Waals surface area contributed by atoms with E-state index < -0.39 is 0 Å². The van der Waals surface area contributed by atoms with E-state index >= 15 is 0 Å². The van der Waals surface area contributed by atoms with Crippen LogP contribution in [0.25, 0.3) is 0 Å². The summed E-state index contributed by atoms with van der Waals surface area (Å²) in [7, 11) is 0. The molecule has 3 aromatic rings. The predicted octanol–water partition coefficient (Wildman–Crippen LogP) is 4.69. The second-order valence-electron chi connectivity index (χ2n) is 6.43. The van der Waals surface area contributed by atoms with Gasteiger partial charge in [-0.15, -0.1) is 0 Å². The summed E-state index contributed by atoms with van der Waals surface area (Å²) in [6.07, 6.45) is 1.69. The maximum absolute atomic E-state index is 12.0. The number of para-hydroxylation sites is 1. The lowest BCUT2D eigenvalue weighted by Gasteiger charge is -2.21. The number of rotatable bonds is 9. The third-order valence-electron chi connectivity index (χ3n) is 4.43. The first-order valence-corrected chi connectivity index (χ1v) is 9.73. The van der Waals surface area contributed by atoms with Gasteiger partial charge in [-0.1, -0.05) is 18.2 Å². The highest BCUT2D eigenvalue weighted by atomic mass is 16.5. The number of hydrogen-bond acceptors (Lipinski definition) is 5. The summed E-state index contributed by atoms with van der Waals surface area (Å²) in [5.41, 5.74) is 3.03. The molecule has 2 aromatic carbocycles. The maximum Gasteiger partial charge on any atom is 0.263 e. The largest absolute Gasteiger partial charge is 0.484 e. The highest BCUT2D eigenvalue weighted by Gasteiger charge is 2.05. The summed E-state index contributed by atoms with van der Waals surface area (Å²) in [5, 5.41) is 6.04. The Morgan fingerprint density at radius 1 is 0.931 bits per heavy atom. The van der Waals surface area contributed by atoms with Crippen molar-refractivity contribution in [2.45, 2.75) is 13.8 Å². The monoisotopic (exact) mass is 390 g/mol. The van der Waals surface area contributed by atoms with E-state index in [1.807, 2.05) is 36.4 Å². The highest BCUT2D eigenvalue weighted by molar-refractivity contribution is 5.91. The maximum atomic E-state index is 12.0. The molecule has 1 heterocycles. The Hall–Kier alpha value is -3.54. The second-order valence-corrected chi connectivity index (χ2v) is 6.43. The van der Waals surface area contributed by atoms with Crippen LogP contribution in [0.4, 0.5) is 22.9 Å². The summed E-state index contributed by atoms with van der Waals surface area (Å²) >= 11 is 0. The zero-order valence-electron chi connectivity index (χ0n) is 16.8. The Morgan fingerprint density at radius 2 is 1.62 bits per heavy atom. The standard InChI is InChI=1S/C23H26N4O2/c1-3-27(4-2)20-13-10-18(11-14-20)25-19-12-15-22(24-16-19)26-23(28)17-29-21-8-6-5-7-9-21/h5-16,25H,3-4,17H2,1-2H3,(H,24,26,28). The number of amides is 1. The van der Waals surface area contributed by atoms with Crippen LogP contribution in [-0.2, 0) is 4.79 Å². The third kappa shape index (κ3) is 5.97. The van der Waals surface area contributed by atoms with E-state index in [2.05, 4.69) is 46.5 Å². The molecule has 1 amide bonds. The minimum absolute atomic E-state index is 0.0649. The molecule has 2 N–H and O–H groups in total. The first kappa shape index (κ1) is 20.2. The van der Waals surface area contributed by atoms with Crippen LogP contribution in [0.15, 0.2) is 72.9 Å². The van der Waals surface area contributed by atoms with Gasteiger partial charge in [0.1, 0.15) is 11.6 Å². The highest BCUT2D eigenvalue weighted by Crippen LogP contribution is 2.21. The van der Waals surface area contributed by atoms with Crippen molar-refractivity contribution in [2.75, 3.05) is 35.2 Å². The normalized spacial score (nSPS) is 10.3. The average Bonchev–Trinajstić information content (AvgIpc) is 2.76. The Balaban J connectivity index is 1.51. The smallest absolute Gasteiger partial charge is 0.263 e. The number of carbonyl (C=O) groups excluding carboxylic acids is 1. The third-order valence-corrected chi connectivity index (χ3v) is 4.43. The van der Waals surface area contributed by atoms with Gasteiger partial charge in [0.15, 0.2) is 6.61 Å². The van der Waals surface area contributed by atoms with E-state index in [9.17, 15) is 4.79 Å².